The lowest BCUT2D eigenvalue weighted by Gasteiger charge is -2.35. The summed E-state index contributed by atoms with van der Waals surface area (Å²) in [6.07, 6.45) is 9.64. The third-order valence-electron chi connectivity index (χ3n) is 4.96. The van der Waals surface area contributed by atoms with Crippen LogP contribution in [0.5, 0.6) is 5.75 Å². The zero-order chi connectivity index (χ0) is 15.1. The Hall–Kier alpha value is -1.02. The van der Waals surface area contributed by atoms with Crippen LogP contribution in [-0.4, -0.2) is 20.3 Å². The van der Waals surface area contributed by atoms with Crippen molar-refractivity contribution in [2.45, 2.75) is 63.9 Å². The molecule has 1 fully saturated rings. The summed E-state index contributed by atoms with van der Waals surface area (Å²) in [7, 11) is 3.59. The molecule has 2 rings (SSSR count). The highest BCUT2D eigenvalue weighted by Crippen LogP contribution is 2.39. The van der Waals surface area contributed by atoms with Gasteiger partial charge < -0.3 is 9.47 Å². The van der Waals surface area contributed by atoms with Crippen molar-refractivity contribution in [3.63, 3.8) is 0 Å². The van der Waals surface area contributed by atoms with Crippen molar-refractivity contribution in [2.24, 2.45) is 5.92 Å². The molecule has 0 heterocycles. The molecule has 0 saturated heterocycles. The molecule has 1 aromatic carbocycles. The monoisotopic (exact) mass is 290 g/mol. The van der Waals surface area contributed by atoms with Gasteiger partial charge in [0.25, 0.3) is 0 Å². The van der Waals surface area contributed by atoms with E-state index in [0.29, 0.717) is 12.0 Å². The van der Waals surface area contributed by atoms with Crippen LogP contribution < -0.4 is 4.74 Å². The third-order valence-corrected chi connectivity index (χ3v) is 4.96. The lowest BCUT2D eigenvalue weighted by molar-refractivity contribution is 0.0304. The minimum atomic E-state index is 0.374. The Morgan fingerprint density at radius 2 is 1.81 bits per heavy atom. The first-order chi connectivity index (χ1) is 10.3. The van der Waals surface area contributed by atoms with Crippen molar-refractivity contribution >= 4 is 0 Å². The van der Waals surface area contributed by atoms with E-state index >= 15 is 0 Å². The first-order valence-corrected chi connectivity index (χ1v) is 8.45. The second-order valence-corrected chi connectivity index (χ2v) is 6.33. The molecule has 2 nitrogen and oxygen atoms in total. The van der Waals surface area contributed by atoms with Crippen LogP contribution in [0.1, 0.15) is 63.4 Å². The smallest absolute Gasteiger partial charge is 0.118 e. The van der Waals surface area contributed by atoms with E-state index in [-0.39, 0.29) is 0 Å². The molecule has 21 heavy (non-hydrogen) atoms. The summed E-state index contributed by atoms with van der Waals surface area (Å²) in [5.41, 5.74) is 1.40. The Balaban J connectivity index is 1.94. The number of ether oxygens (including phenoxy) is 2. The molecule has 3 unspecified atom stereocenters. The van der Waals surface area contributed by atoms with Crippen molar-refractivity contribution in [3.8, 4) is 5.75 Å². The van der Waals surface area contributed by atoms with Crippen LogP contribution in [0.3, 0.4) is 0 Å². The van der Waals surface area contributed by atoms with Gasteiger partial charge in [0.1, 0.15) is 5.75 Å². The van der Waals surface area contributed by atoms with Gasteiger partial charge in [-0.25, -0.2) is 0 Å². The zero-order valence-corrected chi connectivity index (χ0v) is 13.8. The van der Waals surface area contributed by atoms with E-state index in [2.05, 4.69) is 31.2 Å². The zero-order valence-electron chi connectivity index (χ0n) is 13.8. The topological polar surface area (TPSA) is 18.5 Å². The molecule has 0 radical (unpaired) electrons. The van der Waals surface area contributed by atoms with Crippen LogP contribution in [-0.2, 0) is 4.74 Å². The van der Waals surface area contributed by atoms with E-state index in [9.17, 15) is 0 Å². The van der Waals surface area contributed by atoms with Crippen LogP contribution in [0.15, 0.2) is 24.3 Å². The van der Waals surface area contributed by atoms with E-state index < -0.39 is 0 Å². The Morgan fingerprint density at radius 3 is 2.43 bits per heavy atom. The molecule has 0 aromatic heterocycles. The average Bonchev–Trinajstić information content (AvgIpc) is 2.55. The second-order valence-electron chi connectivity index (χ2n) is 6.33. The Kier molecular flexibility index (Phi) is 6.56. The summed E-state index contributed by atoms with van der Waals surface area (Å²) in [5, 5.41) is 0. The highest BCUT2D eigenvalue weighted by Gasteiger charge is 2.31. The number of benzene rings is 1. The maximum Gasteiger partial charge on any atom is 0.118 e. The SMILES string of the molecule is CCCCCC1CCC(c2ccc(OC)cc2)C(OC)C1. The van der Waals surface area contributed by atoms with Crippen molar-refractivity contribution in [1.82, 2.24) is 0 Å². The van der Waals surface area contributed by atoms with Crippen LogP contribution in [0.25, 0.3) is 0 Å². The van der Waals surface area contributed by atoms with Crippen LogP contribution in [0, 0.1) is 5.92 Å². The van der Waals surface area contributed by atoms with Crippen LogP contribution >= 0.6 is 0 Å². The third kappa shape index (κ3) is 4.47. The van der Waals surface area contributed by atoms with Gasteiger partial charge >= 0.3 is 0 Å². The van der Waals surface area contributed by atoms with E-state index in [0.717, 1.165) is 11.7 Å². The number of hydrogen-bond acceptors (Lipinski definition) is 2. The highest BCUT2D eigenvalue weighted by atomic mass is 16.5. The summed E-state index contributed by atoms with van der Waals surface area (Å²) in [6, 6.07) is 8.53. The summed E-state index contributed by atoms with van der Waals surface area (Å²) in [6.45, 7) is 2.28. The van der Waals surface area contributed by atoms with E-state index in [1.54, 1.807) is 7.11 Å². The minimum absolute atomic E-state index is 0.374. The quantitative estimate of drug-likeness (QED) is 0.645. The summed E-state index contributed by atoms with van der Waals surface area (Å²) >= 11 is 0. The molecule has 2 heteroatoms. The molecular formula is C19H30O2. The first-order valence-electron chi connectivity index (χ1n) is 8.45. The van der Waals surface area contributed by atoms with Crippen molar-refractivity contribution in [3.05, 3.63) is 29.8 Å². The Labute approximate surface area is 129 Å². The molecule has 0 aliphatic heterocycles. The molecule has 1 aromatic rings. The second kappa shape index (κ2) is 8.43. The van der Waals surface area contributed by atoms with Crippen LogP contribution in [0.2, 0.25) is 0 Å². The van der Waals surface area contributed by atoms with E-state index in [1.165, 1.54) is 50.5 Å². The predicted molar refractivity (Wildman–Crippen MR) is 88.0 cm³/mol. The van der Waals surface area contributed by atoms with Gasteiger partial charge in [0, 0.05) is 13.0 Å². The van der Waals surface area contributed by atoms with Gasteiger partial charge in [-0.3, -0.25) is 0 Å². The Bertz CT molecular complexity index is 399. The molecule has 3 atom stereocenters. The highest BCUT2D eigenvalue weighted by molar-refractivity contribution is 5.30. The molecular weight excluding hydrogens is 260 g/mol. The molecule has 118 valence electrons. The maximum absolute atomic E-state index is 5.82. The molecule has 0 amide bonds. The standard InChI is InChI=1S/C19H30O2/c1-4-5-6-7-15-8-13-18(19(14-15)21-3)16-9-11-17(20-2)12-10-16/h9-12,15,18-19H,4-8,13-14H2,1-3H3. The van der Waals surface area contributed by atoms with Crippen molar-refractivity contribution < 1.29 is 9.47 Å². The predicted octanol–water partition coefficient (Wildman–Crippen LogP) is 5.17. The summed E-state index contributed by atoms with van der Waals surface area (Å²) in [5.74, 6) is 2.33. The molecule has 0 N–H and O–H groups in total. The minimum Gasteiger partial charge on any atom is -0.497 e. The van der Waals surface area contributed by atoms with Gasteiger partial charge in [-0.05, 0) is 42.9 Å². The fraction of sp³-hybridized carbons (Fsp3) is 0.684. The Morgan fingerprint density at radius 1 is 1.05 bits per heavy atom. The normalized spacial score (nSPS) is 25.8. The summed E-state index contributed by atoms with van der Waals surface area (Å²) < 4.78 is 11.1. The number of rotatable bonds is 7. The van der Waals surface area contributed by atoms with Gasteiger partial charge in [0.05, 0.1) is 13.2 Å². The van der Waals surface area contributed by atoms with Crippen molar-refractivity contribution in [1.29, 1.82) is 0 Å². The largest absolute Gasteiger partial charge is 0.497 e. The molecule has 0 spiro atoms. The van der Waals surface area contributed by atoms with Crippen LogP contribution in [0.4, 0.5) is 0 Å². The van der Waals surface area contributed by atoms with Gasteiger partial charge in [0.2, 0.25) is 0 Å². The fourth-order valence-corrected chi connectivity index (χ4v) is 3.65. The van der Waals surface area contributed by atoms with Gasteiger partial charge in [-0.15, -0.1) is 0 Å². The molecule has 1 aliphatic rings. The molecule has 1 saturated carbocycles. The lowest BCUT2D eigenvalue weighted by Crippen LogP contribution is -2.29. The summed E-state index contributed by atoms with van der Waals surface area (Å²) in [4.78, 5) is 0. The van der Waals surface area contributed by atoms with Crippen molar-refractivity contribution in [2.75, 3.05) is 14.2 Å². The van der Waals surface area contributed by atoms with E-state index in [1.807, 2.05) is 7.11 Å². The number of hydrogen-bond donors (Lipinski definition) is 0. The van der Waals surface area contributed by atoms with E-state index in [4.69, 9.17) is 9.47 Å². The van der Waals surface area contributed by atoms with Gasteiger partial charge in [-0.1, -0.05) is 44.7 Å². The number of methoxy groups -OCH3 is 2. The first kappa shape index (κ1) is 16.4. The van der Waals surface area contributed by atoms with Gasteiger partial charge in [0.15, 0.2) is 0 Å². The maximum atomic E-state index is 5.82. The molecule has 0 bridgehead atoms. The van der Waals surface area contributed by atoms with Gasteiger partial charge in [-0.2, -0.15) is 0 Å². The lowest BCUT2D eigenvalue weighted by atomic mass is 9.75. The number of unbranched alkanes of at least 4 members (excludes halogenated alkanes) is 2. The molecule has 1 aliphatic carbocycles. The average molecular weight is 290 g/mol. The fourth-order valence-electron chi connectivity index (χ4n) is 3.65.